The van der Waals surface area contributed by atoms with E-state index in [0.29, 0.717) is 62.9 Å². The molecule has 8 heteroatoms. The van der Waals surface area contributed by atoms with Crippen molar-refractivity contribution in [3.63, 3.8) is 0 Å². The number of esters is 2. The maximum Gasteiger partial charge on any atom is 0.305 e. The summed E-state index contributed by atoms with van der Waals surface area (Å²) in [6, 6.07) is 0. The summed E-state index contributed by atoms with van der Waals surface area (Å²) < 4.78 is 23.6. The van der Waals surface area contributed by atoms with Gasteiger partial charge in [0.25, 0.3) is 0 Å². The molecular formula is C50H91NO7. The molecule has 2 bridgehead atoms. The Balaban J connectivity index is 1.49. The van der Waals surface area contributed by atoms with Crippen LogP contribution in [-0.4, -0.2) is 80.9 Å². The van der Waals surface area contributed by atoms with Gasteiger partial charge in [-0.25, -0.2) is 0 Å². The Bertz CT molecular complexity index is 1090. The normalized spacial score (nSPS) is 19.1. The van der Waals surface area contributed by atoms with Gasteiger partial charge in [-0.1, -0.05) is 75.7 Å². The summed E-state index contributed by atoms with van der Waals surface area (Å²) in [5.41, 5.74) is 3.20. The van der Waals surface area contributed by atoms with E-state index in [9.17, 15) is 14.7 Å². The molecule has 1 N–H and O–H groups in total. The predicted octanol–water partition coefficient (Wildman–Crippen LogP) is 12.3. The molecule has 0 saturated heterocycles. The number of hydrogen-bond acceptors (Lipinski definition) is 8. The highest BCUT2D eigenvalue weighted by Gasteiger charge is 2.40. The Morgan fingerprint density at radius 1 is 0.638 bits per heavy atom. The van der Waals surface area contributed by atoms with Gasteiger partial charge in [0.2, 0.25) is 0 Å². The highest BCUT2D eigenvalue weighted by atomic mass is 16.7. The average Bonchev–Trinajstić information content (AvgIpc) is 3.19. The van der Waals surface area contributed by atoms with E-state index in [-0.39, 0.29) is 24.8 Å². The van der Waals surface area contributed by atoms with Crippen molar-refractivity contribution < 1.29 is 33.6 Å². The molecule has 0 heterocycles. The lowest BCUT2D eigenvalue weighted by molar-refractivity contribution is -0.163. The van der Waals surface area contributed by atoms with E-state index in [1.54, 1.807) is 0 Å². The van der Waals surface area contributed by atoms with Crippen LogP contribution >= 0.6 is 0 Å². The second-order valence-electron chi connectivity index (χ2n) is 18.9. The first-order valence-corrected chi connectivity index (χ1v) is 24.1. The molecule has 3 saturated carbocycles. The highest BCUT2D eigenvalue weighted by Crippen LogP contribution is 2.52. The molecule has 3 aliphatic carbocycles. The highest BCUT2D eigenvalue weighted by molar-refractivity contribution is 5.69. The van der Waals surface area contributed by atoms with Crippen molar-refractivity contribution in [2.75, 3.05) is 52.7 Å². The predicted molar refractivity (Wildman–Crippen MR) is 240 cm³/mol. The summed E-state index contributed by atoms with van der Waals surface area (Å²) in [4.78, 5) is 27.2. The second-order valence-corrected chi connectivity index (χ2v) is 18.9. The maximum atomic E-state index is 12.5. The summed E-state index contributed by atoms with van der Waals surface area (Å²) in [6.45, 7) is 18.3. The van der Waals surface area contributed by atoms with Gasteiger partial charge >= 0.3 is 11.9 Å². The number of nitrogens with zero attached hydrogens (tertiary/aromatic N) is 1. The van der Waals surface area contributed by atoms with E-state index in [1.165, 1.54) is 49.7 Å². The number of unbranched alkanes of at least 4 members (excludes halogenated alkanes) is 8. The Hall–Kier alpha value is -1.74. The summed E-state index contributed by atoms with van der Waals surface area (Å²) >= 11 is 0. The van der Waals surface area contributed by atoms with E-state index in [0.717, 1.165) is 128 Å². The van der Waals surface area contributed by atoms with Crippen LogP contribution in [0.2, 0.25) is 0 Å². The van der Waals surface area contributed by atoms with E-state index >= 15 is 0 Å². The molecular weight excluding hydrogens is 727 g/mol. The van der Waals surface area contributed by atoms with E-state index in [1.807, 2.05) is 0 Å². The minimum absolute atomic E-state index is 0.0144. The first-order chi connectivity index (χ1) is 28.0. The Labute approximate surface area is 357 Å². The molecule has 3 atom stereocenters. The molecule has 0 amide bonds. The van der Waals surface area contributed by atoms with Gasteiger partial charge in [-0.2, -0.15) is 0 Å². The Morgan fingerprint density at radius 3 is 1.71 bits per heavy atom. The van der Waals surface area contributed by atoms with E-state index in [4.69, 9.17) is 18.9 Å². The number of aliphatic hydroxyl groups excluding tert-OH is 1. The molecule has 0 spiro atoms. The zero-order valence-corrected chi connectivity index (χ0v) is 38.6. The fraction of sp³-hybridized carbons (Fsp3) is 0.880. The second kappa shape index (κ2) is 33.0. The van der Waals surface area contributed by atoms with Gasteiger partial charge in [0.15, 0.2) is 6.29 Å². The average molecular weight is 818 g/mol. The minimum atomic E-state index is -0.351. The number of carbonyl (C=O) groups is 2. The standard InChI is InChI=1S/C50H91NO7/c1-42(2)18-17-19-44(5)27-38-57-49(58-39-28-45(6)23-22-43(3)4)29-40-55-47(53)20-13-9-7-11-15-34-51(36-37-52)35-16-12-8-10-14-21-48(54)56-41-33-50-30-24-46(25-31-50)26-32-50/h18,22,44-46,49,52H,7-17,19-21,23-41H2,1-6H3. The molecule has 58 heavy (non-hydrogen) atoms. The lowest BCUT2D eigenvalue weighted by atomic mass is 9.59. The molecule has 3 unspecified atom stereocenters. The molecule has 0 aliphatic heterocycles. The summed E-state index contributed by atoms with van der Waals surface area (Å²) in [6.07, 6.45) is 31.0. The molecule has 0 aromatic rings. The van der Waals surface area contributed by atoms with E-state index < -0.39 is 0 Å². The summed E-state index contributed by atoms with van der Waals surface area (Å²) in [5.74, 6) is 1.97. The third-order valence-electron chi connectivity index (χ3n) is 12.9. The molecule has 0 aromatic carbocycles. The number of rotatable bonds is 37. The summed E-state index contributed by atoms with van der Waals surface area (Å²) in [5, 5.41) is 9.59. The van der Waals surface area contributed by atoms with E-state index in [2.05, 4.69) is 58.6 Å². The molecule has 0 aromatic heterocycles. The first-order valence-electron chi connectivity index (χ1n) is 24.1. The van der Waals surface area contributed by atoms with Crippen molar-refractivity contribution >= 4 is 11.9 Å². The summed E-state index contributed by atoms with van der Waals surface area (Å²) in [7, 11) is 0. The van der Waals surface area contributed by atoms with Crippen LogP contribution in [0.3, 0.4) is 0 Å². The fourth-order valence-corrected chi connectivity index (χ4v) is 8.63. The smallest absolute Gasteiger partial charge is 0.305 e. The van der Waals surface area contributed by atoms with Gasteiger partial charge in [-0.3, -0.25) is 9.59 Å². The maximum absolute atomic E-state index is 12.5. The lowest BCUT2D eigenvalue weighted by Gasteiger charge is -2.46. The van der Waals surface area contributed by atoms with Gasteiger partial charge in [0, 0.05) is 39.0 Å². The lowest BCUT2D eigenvalue weighted by Crippen LogP contribution is -2.35. The number of carbonyl (C=O) groups excluding carboxylic acids is 2. The van der Waals surface area contributed by atoms with Crippen LogP contribution in [0.1, 0.15) is 202 Å². The van der Waals surface area contributed by atoms with Crippen molar-refractivity contribution in [2.45, 2.75) is 208 Å². The van der Waals surface area contributed by atoms with Crippen LogP contribution in [-0.2, 0) is 28.5 Å². The molecule has 0 radical (unpaired) electrons. The van der Waals surface area contributed by atoms with Crippen LogP contribution in [0.15, 0.2) is 23.3 Å². The third kappa shape index (κ3) is 27.2. The molecule has 3 aliphatic rings. The number of hydrogen-bond donors (Lipinski definition) is 1. The number of allylic oxidation sites excluding steroid dienone is 4. The van der Waals surface area contributed by atoms with Crippen LogP contribution in [0.25, 0.3) is 0 Å². The largest absolute Gasteiger partial charge is 0.466 e. The fourth-order valence-electron chi connectivity index (χ4n) is 8.63. The molecule has 3 fully saturated rings. The third-order valence-corrected chi connectivity index (χ3v) is 12.9. The quantitative estimate of drug-likeness (QED) is 0.0287. The number of aliphatic hydroxyl groups is 1. The zero-order valence-electron chi connectivity index (χ0n) is 38.6. The monoisotopic (exact) mass is 818 g/mol. The van der Waals surface area contributed by atoms with Gasteiger partial charge in [0.1, 0.15) is 0 Å². The van der Waals surface area contributed by atoms with Crippen LogP contribution in [0.5, 0.6) is 0 Å². The number of fused-ring (bicyclic) bond motifs is 3. The van der Waals surface area contributed by atoms with Gasteiger partial charge in [-0.05, 0) is 167 Å². The van der Waals surface area contributed by atoms with Crippen molar-refractivity contribution in [1.82, 2.24) is 4.90 Å². The van der Waals surface area contributed by atoms with Crippen LogP contribution < -0.4 is 0 Å². The van der Waals surface area contributed by atoms with Crippen molar-refractivity contribution in [3.8, 4) is 0 Å². The van der Waals surface area contributed by atoms with Crippen molar-refractivity contribution in [3.05, 3.63) is 23.3 Å². The molecule has 3 rings (SSSR count). The zero-order chi connectivity index (χ0) is 42.3. The van der Waals surface area contributed by atoms with Crippen LogP contribution in [0.4, 0.5) is 0 Å². The van der Waals surface area contributed by atoms with Gasteiger partial charge < -0.3 is 29.0 Å². The van der Waals surface area contributed by atoms with Crippen LogP contribution in [0, 0.1) is 23.2 Å². The topological polar surface area (TPSA) is 94.5 Å². The molecule has 8 nitrogen and oxygen atoms in total. The number of ether oxygens (including phenoxy) is 4. The van der Waals surface area contributed by atoms with Gasteiger partial charge in [-0.15, -0.1) is 0 Å². The first kappa shape index (κ1) is 52.4. The van der Waals surface area contributed by atoms with Gasteiger partial charge in [0.05, 0.1) is 19.8 Å². The Morgan fingerprint density at radius 2 is 1.16 bits per heavy atom. The Kier molecular flexibility index (Phi) is 29.8. The van der Waals surface area contributed by atoms with Crippen molar-refractivity contribution in [1.29, 1.82) is 0 Å². The molecule has 338 valence electrons. The SMILES string of the molecule is CC(C)=CCCC(C)CCOC(CCOC(=O)CCCCCCCN(CCO)CCCCCCCC(=O)OCCC12CCC(CC1)CC2)OCCC(C)CC=C(C)C. The van der Waals surface area contributed by atoms with Crippen molar-refractivity contribution in [2.24, 2.45) is 23.2 Å². The minimum Gasteiger partial charge on any atom is -0.466 e.